The van der Waals surface area contributed by atoms with Crippen LogP contribution in [-0.2, 0) is 0 Å². The van der Waals surface area contributed by atoms with Crippen LogP contribution in [0.3, 0.4) is 0 Å². The monoisotopic (exact) mass is 341 g/mol. The number of aliphatic hydroxyl groups is 1. The minimum atomic E-state index is -0.493. The first kappa shape index (κ1) is 16.2. The molecule has 1 heterocycles. The van der Waals surface area contributed by atoms with E-state index in [4.69, 9.17) is 11.6 Å². The van der Waals surface area contributed by atoms with Crippen molar-refractivity contribution in [2.45, 2.75) is 6.04 Å². The fourth-order valence-electron chi connectivity index (χ4n) is 2.48. The first-order valence-corrected chi connectivity index (χ1v) is 7.83. The zero-order valence-corrected chi connectivity index (χ0v) is 13.5. The molecule has 0 spiro atoms. The number of rotatable bonds is 5. The van der Waals surface area contributed by atoms with Gasteiger partial charge in [0.2, 0.25) is 0 Å². The number of benzene rings is 2. The molecule has 122 valence electrons. The zero-order valence-electron chi connectivity index (χ0n) is 12.7. The summed E-state index contributed by atoms with van der Waals surface area (Å²) in [4.78, 5) is 12.6. The number of aliphatic hydroxyl groups excluding tert-OH is 1. The van der Waals surface area contributed by atoms with Crippen LogP contribution in [-0.4, -0.2) is 27.8 Å². The molecule has 0 aliphatic rings. The van der Waals surface area contributed by atoms with Crippen molar-refractivity contribution in [3.63, 3.8) is 0 Å². The number of nitrogens with zero attached hydrogens (tertiary/aromatic N) is 1. The van der Waals surface area contributed by atoms with Crippen LogP contribution in [0.4, 0.5) is 0 Å². The lowest BCUT2D eigenvalue weighted by atomic mass is 10.1. The van der Waals surface area contributed by atoms with E-state index in [9.17, 15) is 9.90 Å². The van der Waals surface area contributed by atoms with Gasteiger partial charge in [-0.2, -0.15) is 5.10 Å². The first-order valence-electron chi connectivity index (χ1n) is 7.45. The first-order chi connectivity index (χ1) is 11.7. The van der Waals surface area contributed by atoms with E-state index in [1.165, 1.54) is 6.20 Å². The zero-order chi connectivity index (χ0) is 16.9. The summed E-state index contributed by atoms with van der Waals surface area (Å²) < 4.78 is 0. The summed E-state index contributed by atoms with van der Waals surface area (Å²) in [5.41, 5.74) is 2.44. The van der Waals surface area contributed by atoms with Crippen molar-refractivity contribution in [3.05, 3.63) is 76.9 Å². The van der Waals surface area contributed by atoms with Crippen molar-refractivity contribution in [1.29, 1.82) is 0 Å². The van der Waals surface area contributed by atoms with Gasteiger partial charge in [-0.1, -0.05) is 60.1 Å². The van der Waals surface area contributed by atoms with E-state index in [1.807, 2.05) is 48.5 Å². The summed E-state index contributed by atoms with van der Waals surface area (Å²) in [6.07, 6.45) is 1.45. The largest absolute Gasteiger partial charge is 0.394 e. The number of halogens is 1. The summed E-state index contributed by atoms with van der Waals surface area (Å²) in [5, 5.41) is 19.7. The number of hydrogen-bond donors (Lipinski definition) is 3. The number of aromatic amines is 1. The van der Waals surface area contributed by atoms with Crippen LogP contribution >= 0.6 is 11.6 Å². The lowest BCUT2D eigenvalue weighted by Crippen LogP contribution is -2.30. The van der Waals surface area contributed by atoms with Crippen molar-refractivity contribution in [1.82, 2.24) is 15.5 Å². The summed E-state index contributed by atoms with van der Waals surface area (Å²) >= 11 is 6.20. The number of hydrogen-bond acceptors (Lipinski definition) is 3. The Bertz CT molecular complexity index is 833. The van der Waals surface area contributed by atoms with Crippen LogP contribution < -0.4 is 5.32 Å². The van der Waals surface area contributed by atoms with Gasteiger partial charge in [0.05, 0.1) is 30.1 Å². The molecule has 6 heteroatoms. The molecule has 0 unspecified atom stereocenters. The molecule has 3 aromatic rings. The van der Waals surface area contributed by atoms with E-state index in [2.05, 4.69) is 15.5 Å². The predicted molar refractivity (Wildman–Crippen MR) is 92.8 cm³/mol. The molecule has 0 radical (unpaired) electrons. The SMILES string of the molecule is O=C(N[C@H](CO)c1ccccc1)c1cn[nH]c1-c1ccccc1Cl. The lowest BCUT2D eigenvalue weighted by molar-refractivity contribution is 0.0917. The second kappa shape index (κ2) is 7.29. The van der Waals surface area contributed by atoms with Crippen LogP contribution in [0, 0.1) is 0 Å². The second-order valence-electron chi connectivity index (χ2n) is 5.26. The van der Waals surface area contributed by atoms with Gasteiger partial charge in [-0.3, -0.25) is 9.89 Å². The third kappa shape index (κ3) is 3.32. The van der Waals surface area contributed by atoms with Gasteiger partial charge in [-0.25, -0.2) is 0 Å². The Labute approximate surface area is 144 Å². The highest BCUT2D eigenvalue weighted by Gasteiger charge is 2.20. The highest BCUT2D eigenvalue weighted by Crippen LogP contribution is 2.28. The molecule has 0 saturated heterocycles. The van der Waals surface area contributed by atoms with Crippen LogP contribution in [0.2, 0.25) is 5.02 Å². The quantitative estimate of drug-likeness (QED) is 0.667. The molecular weight excluding hydrogens is 326 g/mol. The number of nitrogens with one attached hydrogen (secondary N) is 2. The molecule has 0 saturated carbocycles. The summed E-state index contributed by atoms with van der Waals surface area (Å²) in [6, 6.07) is 16.0. The van der Waals surface area contributed by atoms with Gasteiger partial charge < -0.3 is 10.4 Å². The molecule has 1 aromatic heterocycles. The van der Waals surface area contributed by atoms with Crippen molar-refractivity contribution in [3.8, 4) is 11.3 Å². The molecular formula is C18H16ClN3O2. The Morgan fingerprint density at radius 3 is 2.58 bits per heavy atom. The standard InChI is InChI=1S/C18H16ClN3O2/c19-15-9-5-4-8-13(15)17-14(10-20-22-17)18(24)21-16(11-23)12-6-2-1-3-7-12/h1-10,16,23H,11H2,(H,20,22)(H,21,24)/t16-/m1/s1. The number of carbonyl (C=O) groups excluding carboxylic acids is 1. The molecule has 1 amide bonds. The summed E-state index contributed by atoms with van der Waals surface area (Å²) in [5.74, 6) is -0.332. The van der Waals surface area contributed by atoms with Gasteiger partial charge in [-0.15, -0.1) is 0 Å². The van der Waals surface area contributed by atoms with Crippen LogP contribution in [0.25, 0.3) is 11.3 Å². The minimum Gasteiger partial charge on any atom is -0.394 e. The molecule has 5 nitrogen and oxygen atoms in total. The molecule has 24 heavy (non-hydrogen) atoms. The smallest absolute Gasteiger partial charge is 0.255 e. The van der Waals surface area contributed by atoms with Gasteiger partial charge >= 0.3 is 0 Å². The fourth-order valence-corrected chi connectivity index (χ4v) is 2.71. The molecule has 0 aliphatic heterocycles. The fraction of sp³-hybridized carbons (Fsp3) is 0.111. The molecule has 1 atom stereocenters. The van der Waals surface area contributed by atoms with Crippen molar-refractivity contribution in [2.24, 2.45) is 0 Å². The van der Waals surface area contributed by atoms with Crippen LogP contribution in [0.5, 0.6) is 0 Å². The average Bonchev–Trinajstić information content (AvgIpc) is 3.10. The topological polar surface area (TPSA) is 78.0 Å². The molecule has 0 bridgehead atoms. The van der Waals surface area contributed by atoms with E-state index in [0.717, 1.165) is 5.56 Å². The minimum absolute atomic E-state index is 0.199. The lowest BCUT2D eigenvalue weighted by Gasteiger charge is -2.16. The Balaban J connectivity index is 1.87. The number of H-pyrrole nitrogens is 1. The molecule has 0 fully saturated rings. The maximum atomic E-state index is 12.6. The Kier molecular flexibility index (Phi) is 4.93. The third-order valence-corrected chi connectivity index (χ3v) is 4.05. The molecule has 0 aliphatic carbocycles. The highest BCUT2D eigenvalue weighted by atomic mass is 35.5. The van der Waals surface area contributed by atoms with E-state index in [-0.39, 0.29) is 12.5 Å². The van der Waals surface area contributed by atoms with Gasteiger partial charge in [0.25, 0.3) is 5.91 Å². The number of aromatic nitrogens is 2. The average molecular weight is 342 g/mol. The molecule has 3 rings (SSSR count). The highest BCUT2D eigenvalue weighted by molar-refractivity contribution is 6.33. The Morgan fingerprint density at radius 2 is 1.88 bits per heavy atom. The maximum Gasteiger partial charge on any atom is 0.255 e. The summed E-state index contributed by atoms with van der Waals surface area (Å²) in [6.45, 7) is -0.199. The summed E-state index contributed by atoms with van der Waals surface area (Å²) in [7, 11) is 0. The second-order valence-corrected chi connectivity index (χ2v) is 5.67. The molecule has 2 aromatic carbocycles. The van der Waals surface area contributed by atoms with Crippen molar-refractivity contribution in [2.75, 3.05) is 6.61 Å². The predicted octanol–water partition coefficient (Wildman–Crippen LogP) is 3.19. The number of carbonyl (C=O) groups is 1. The van der Waals surface area contributed by atoms with E-state index < -0.39 is 6.04 Å². The Morgan fingerprint density at radius 1 is 1.17 bits per heavy atom. The van der Waals surface area contributed by atoms with Crippen LogP contribution in [0.1, 0.15) is 22.0 Å². The normalized spacial score (nSPS) is 11.9. The van der Waals surface area contributed by atoms with E-state index in [1.54, 1.807) is 6.07 Å². The van der Waals surface area contributed by atoms with Gasteiger partial charge in [0, 0.05) is 10.6 Å². The van der Waals surface area contributed by atoms with Gasteiger partial charge in [0.15, 0.2) is 0 Å². The van der Waals surface area contributed by atoms with Gasteiger partial charge in [0.1, 0.15) is 0 Å². The molecule has 3 N–H and O–H groups in total. The van der Waals surface area contributed by atoms with Gasteiger partial charge in [-0.05, 0) is 11.6 Å². The number of amides is 1. The maximum absolute atomic E-state index is 12.6. The Hall–Kier alpha value is -2.63. The van der Waals surface area contributed by atoms with Crippen LogP contribution in [0.15, 0.2) is 60.8 Å². The van der Waals surface area contributed by atoms with E-state index in [0.29, 0.717) is 21.8 Å². The van der Waals surface area contributed by atoms with Crippen molar-refractivity contribution < 1.29 is 9.90 Å². The van der Waals surface area contributed by atoms with E-state index >= 15 is 0 Å². The third-order valence-electron chi connectivity index (χ3n) is 3.72. The van der Waals surface area contributed by atoms with Crippen molar-refractivity contribution >= 4 is 17.5 Å².